The Morgan fingerprint density at radius 2 is 2.14 bits per heavy atom. The lowest BCUT2D eigenvalue weighted by atomic mass is 9.78. The van der Waals surface area contributed by atoms with Gasteiger partial charge in [0.2, 0.25) is 0 Å². The van der Waals surface area contributed by atoms with Crippen molar-refractivity contribution in [2.45, 2.75) is 33.1 Å². The molecular weight excluding hydrogens is 84.1 g/mol. The predicted molar refractivity (Wildman–Crippen MR) is 32.2 cm³/mol. The highest BCUT2D eigenvalue weighted by Crippen LogP contribution is 2.32. The fourth-order valence-corrected chi connectivity index (χ4v) is 0.986. The molecule has 0 spiro atoms. The van der Waals surface area contributed by atoms with Gasteiger partial charge in [-0.05, 0) is 11.8 Å². The topological polar surface area (TPSA) is 0 Å². The Morgan fingerprint density at radius 3 is 2.14 bits per heavy atom. The van der Waals surface area contributed by atoms with Gasteiger partial charge in [-0.2, -0.15) is 0 Å². The van der Waals surface area contributed by atoms with Crippen molar-refractivity contribution < 1.29 is 1.37 Å². The third-order valence-corrected chi connectivity index (χ3v) is 1.92. The van der Waals surface area contributed by atoms with Gasteiger partial charge in [0, 0.05) is 1.37 Å². The quantitative estimate of drug-likeness (QED) is 0.473. The summed E-state index contributed by atoms with van der Waals surface area (Å²) >= 11 is 0. The summed E-state index contributed by atoms with van der Waals surface area (Å²) in [5, 5.41) is 0. The Kier molecular flexibility index (Phi) is 1.04. The summed E-state index contributed by atoms with van der Waals surface area (Å²) in [7, 11) is 0. The van der Waals surface area contributed by atoms with Gasteiger partial charge in [0.05, 0.1) is 0 Å². The average molecular weight is 99.2 g/mol. The third kappa shape index (κ3) is 0.960. The van der Waals surface area contributed by atoms with Crippen molar-refractivity contribution in [3.63, 3.8) is 0 Å². The van der Waals surface area contributed by atoms with E-state index in [4.69, 9.17) is 1.37 Å². The summed E-state index contributed by atoms with van der Waals surface area (Å²) in [4.78, 5) is 0. The van der Waals surface area contributed by atoms with Crippen molar-refractivity contribution in [1.29, 1.82) is 0 Å². The maximum Gasteiger partial charge on any atom is 0.0300 e. The SMILES string of the molecule is [2H]C(C)(C)C1CCC1. The third-order valence-electron chi connectivity index (χ3n) is 1.92. The van der Waals surface area contributed by atoms with Gasteiger partial charge in [0.1, 0.15) is 0 Å². The summed E-state index contributed by atoms with van der Waals surface area (Å²) < 4.78 is 7.59. The minimum atomic E-state index is -0.155. The fourth-order valence-electron chi connectivity index (χ4n) is 0.986. The molecule has 0 saturated heterocycles. The molecule has 0 heterocycles. The van der Waals surface area contributed by atoms with Gasteiger partial charge in [-0.1, -0.05) is 33.1 Å². The molecule has 0 aromatic rings. The first-order chi connectivity index (χ1) is 3.61. The Morgan fingerprint density at radius 1 is 1.57 bits per heavy atom. The van der Waals surface area contributed by atoms with Gasteiger partial charge in [0.15, 0.2) is 0 Å². The number of hydrogen-bond acceptors (Lipinski definition) is 0. The minimum absolute atomic E-state index is 0.155. The lowest BCUT2D eigenvalue weighted by molar-refractivity contribution is 0.235. The van der Waals surface area contributed by atoms with Crippen molar-refractivity contribution in [2.75, 3.05) is 0 Å². The van der Waals surface area contributed by atoms with Crippen LogP contribution in [0.5, 0.6) is 0 Å². The second kappa shape index (κ2) is 1.85. The molecule has 1 aliphatic carbocycles. The highest BCUT2D eigenvalue weighted by molar-refractivity contribution is 4.71. The van der Waals surface area contributed by atoms with Crippen LogP contribution in [-0.2, 0) is 0 Å². The normalized spacial score (nSPS) is 26.3. The molecule has 7 heavy (non-hydrogen) atoms. The standard InChI is InChI=1S/C7H14/c1-6(2)7-4-3-5-7/h6-7H,3-5H2,1-2H3/i6D. The van der Waals surface area contributed by atoms with Crippen LogP contribution in [0.3, 0.4) is 0 Å². The maximum absolute atomic E-state index is 7.59. The van der Waals surface area contributed by atoms with Crippen molar-refractivity contribution in [1.82, 2.24) is 0 Å². The van der Waals surface area contributed by atoms with Crippen molar-refractivity contribution in [3.05, 3.63) is 0 Å². The van der Waals surface area contributed by atoms with E-state index in [1.54, 1.807) is 0 Å². The lowest BCUT2D eigenvalue weighted by Crippen LogP contribution is -2.16. The summed E-state index contributed by atoms with van der Waals surface area (Å²) in [6.45, 7) is 4.02. The monoisotopic (exact) mass is 99.1 g/mol. The molecule has 0 unspecified atom stereocenters. The molecular formula is C7H14. The average Bonchev–Trinajstić information content (AvgIpc) is 1.16. The molecule has 1 fully saturated rings. The summed E-state index contributed by atoms with van der Waals surface area (Å²) in [5.74, 6) is 0.542. The molecule has 0 aromatic carbocycles. The van der Waals surface area contributed by atoms with E-state index in [9.17, 15) is 0 Å². The van der Waals surface area contributed by atoms with Gasteiger partial charge < -0.3 is 0 Å². The zero-order valence-corrected chi connectivity index (χ0v) is 5.20. The Bertz CT molecular complexity index is 76.9. The van der Waals surface area contributed by atoms with Crippen LogP contribution in [0, 0.1) is 11.8 Å². The zero-order chi connectivity index (χ0) is 6.20. The van der Waals surface area contributed by atoms with E-state index in [1.165, 1.54) is 19.3 Å². The molecule has 0 amide bonds. The van der Waals surface area contributed by atoms with Crippen LogP contribution >= 0.6 is 0 Å². The minimum Gasteiger partial charge on any atom is -0.0625 e. The zero-order valence-electron chi connectivity index (χ0n) is 6.20. The van der Waals surface area contributed by atoms with Gasteiger partial charge >= 0.3 is 0 Å². The number of rotatable bonds is 1. The Labute approximate surface area is 47.3 Å². The second-order valence-electron chi connectivity index (χ2n) is 2.71. The van der Waals surface area contributed by atoms with E-state index in [0.29, 0.717) is 5.92 Å². The first-order valence-corrected chi connectivity index (χ1v) is 3.11. The van der Waals surface area contributed by atoms with Crippen LogP contribution in [0.1, 0.15) is 34.5 Å². The largest absolute Gasteiger partial charge is 0.0625 e. The summed E-state index contributed by atoms with van der Waals surface area (Å²) in [6, 6.07) is 0. The van der Waals surface area contributed by atoms with Crippen LogP contribution in [0.4, 0.5) is 0 Å². The first kappa shape index (κ1) is 3.94. The molecule has 0 radical (unpaired) electrons. The van der Waals surface area contributed by atoms with Crippen LogP contribution in [0.15, 0.2) is 0 Å². The predicted octanol–water partition coefficient (Wildman–Crippen LogP) is 2.44. The summed E-state index contributed by atoms with van der Waals surface area (Å²) in [6.07, 6.45) is 3.93. The Balaban J connectivity index is 2.34. The molecule has 1 aliphatic rings. The van der Waals surface area contributed by atoms with Crippen molar-refractivity contribution >= 4 is 0 Å². The van der Waals surface area contributed by atoms with Gasteiger partial charge in [-0.3, -0.25) is 0 Å². The highest BCUT2D eigenvalue weighted by Gasteiger charge is 2.19. The molecule has 0 N–H and O–H groups in total. The van der Waals surface area contributed by atoms with E-state index in [-0.39, 0.29) is 5.89 Å². The molecule has 0 bridgehead atoms. The van der Waals surface area contributed by atoms with Gasteiger partial charge in [0.25, 0.3) is 0 Å². The van der Waals surface area contributed by atoms with E-state index >= 15 is 0 Å². The highest BCUT2D eigenvalue weighted by atomic mass is 14.3. The summed E-state index contributed by atoms with van der Waals surface area (Å²) in [5.41, 5.74) is 0. The number of hydrogen-bond donors (Lipinski definition) is 0. The molecule has 0 heteroatoms. The Hall–Kier alpha value is 0. The second-order valence-corrected chi connectivity index (χ2v) is 2.71. The van der Waals surface area contributed by atoms with Crippen molar-refractivity contribution in [2.24, 2.45) is 11.8 Å². The molecule has 1 rings (SSSR count). The van der Waals surface area contributed by atoms with Crippen LogP contribution < -0.4 is 0 Å². The molecule has 1 saturated carbocycles. The molecule has 0 aromatic heterocycles. The van der Waals surface area contributed by atoms with Crippen LogP contribution in [-0.4, -0.2) is 0 Å². The van der Waals surface area contributed by atoms with Crippen LogP contribution in [0.2, 0.25) is 0 Å². The van der Waals surface area contributed by atoms with E-state index in [1.807, 2.05) is 13.8 Å². The molecule has 42 valence electrons. The molecule has 0 atom stereocenters. The first-order valence-electron chi connectivity index (χ1n) is 3.61. The van der Waals surface area contributed by atoms with Crippen LogP contribution in [0.25, 0.3) is 0 Å². The van der Waals surface area contributed by atoms with Crippen molar-refractivity contribution in [3.8, 4) is 0 Å². The van der Waals surface area contributed by atoms with E-state index in [2.05, 4.69) is 0 Å². The van der Waals surface area contributed by atoms with Gasteiger partial charge in [-0.15, -0.1) is 0 Å². The lowest BCUT2D eigenvalue weighted by Gasteiger charge is -2.28. The molecule has 0 nitrogen and oxygen atoms in total. The van der Waals surface area contributed by atoms with E-state index in [0.717, 1.165) is 0 Å². The van der Waals surface area contributed by atoms with Gasteiger partial charge in [-0.25, -0.2) is 0 Å². The molecule has 0 aliphatic heterocycles. The van der Waals surface area contributed by atoms with E-state index < -0.39 is 0 Å². The smallest absolute Gasteiger partial charge is 0.0300 e. The fraction of sp³-hybridized carbons (Fsp3) is 1.00. The maximum atomic E-state index is 7.59.